The van der Waals surface area contributed by atoms with E-state index in [0.29, 0.717) is 0 Å². The van der Waals surface area contributed by atoms with Gasteiger partial charge in [0.25, 0.3) is 18.1 Å². The fourth-order valence-electron chi connectivity index (χ4n) is 5.46. The van der Waals surface area contributed by atoms with Gasteiger partial charge in [-0.05, 0) is 117 Å². The molecule has 0 saturated carbocycles. The van der Waals surface area contributed by atoms with Gasteiger partial charge in [-0.3, -0.25) is 0 Å². The lowest BCUT2D eigenvalue weighted by atomic mass is 10.1. The highest BCUT2D eigenvalue weighted by atomic mass is 28.4. The van der Waals surface area contributed by atoms with Crippen molar-refractivity contribution in [3.63, 3.8) is 0 Å². The van der Waals surface area contributed by atoms with Gasteiger partial charge in [-0.1, -0.05) is 52.0 Å². The van der Waals surface area contributed by atoms with Crippen molar-refractivity contribution in [1.82, 2.24) is 0 Å². The van der Waals surface area contributed by atoms with Crippen LogP contribution in [0, 0.1) is 0 Å². The number of hydrogen-bond acceptors (Lipinski definition) is 5. The van der Waals surface area contributed by atoms with Crippen molar-refractivity contribution in [3.05, 3.63) is 95.1 Å². The maximum atomic E-state index is 7.70. The molecule has 5 nitrogen and oxygen atoms in total. The van der Waals surface area contributed by atoms with Crippen molar-refractivity contribution >= 4 is 38.8 Å². The van der Waals surface area contributed by atoms with Crippen molar-refractivity contribution in [2.45, 2.75) is 53.4 Å². The molecule has 0 saturated heterocycles. The molecule has 7 heteroatoms. The van der Waals surface area contributed by atoms with E-state index in [4.69, 9.17) is 23.1 Å². The molecule has 0 aliphatic rings. The number of methoxy groups -OCH3 is 4. The number of ether oxygens (including phenoxy) is 4. The van der Waals surface area contributed by atoms with Crippen molar-refractivity contribution < 1.29 is 23.1 Å². The molecular weight excluding hydrogens is 569 g/mol. The summed E-state index contributed by atoms with van der Waals surface area (Å²) in [5.41, 5.74) is 5.01. The highest BCUT2D eigenvalue weighted by molar-refractivity contribution is 6.92. The second kappa shape index (κ2) is 15.3. The molecule has 226 valence electrons. The van der Waals surface area contributed by atoms with Crippen LogP contribution in [-0.2, 0) is 29.8 Å². The maximum Gasteiger partial charge on any atom is 0.273 e. The quantitative estimate of drug-likeness (QED) is 0.190. The Morgan fingerprint density at radius 2 is 0.628 bits per heavy atom. The molecule has 4 aromatic carbocycles. The van der Waals surface area contributed by atoms with Gasteiger partial charge in [0.15, 0.2) is 0 Å². The summed E-state index contributed by atoms with van der Waals surface area (Å²) in [5.74, 6) is 3.46. The number of rotatable bonds is 14. The lowest BCUT2D eigenvalue weighted by Crippen LogP contribution is -2.58. The number of hydrogen-bond donors (Lipinski definition) is 0. The largest absolute Gasteiger partial charge is 0.497 e. The second-order valence-electron chi connectivity index (χ2n) is 10.3. The third kappa shape index (κ3) is 7.17. The summed E-state index contributed by atoms with van der Waals surface area (Å²) in [6, 6.07) is 25.8. The Labute approximate surface area is 261 Å². The molecule has 43 heavy (non-hydrogen) atoms. The summed E-state index contributed by atoms with van der Waals surface area (Å²) < 4.78 is 30.2. The molecule has 2 radical (unpaired) electrons. The van der Waals surface area contributed by atoms with Crippen molar-refractivity contribution in [1.29, 1.82) is 0 Å². The van der Waals surface area contributed by atoms with Crippen LogP contribution in [0.3, 0.4) is 0 Å². The first-order valence-corrected chi connectivity index (χ1v) is 17.9. The number of benzene rings is 4. The Kier molecular flexibility index (Phi) is 11.5. The summed E-state index contributed by atoms with van der Waals surface area (Å²) >= 11 is 0. The molecule has 0 fully saturated rings. The summed E-state index contributed by atoms with van der Waals surface area (Å²) in [4.78, 5) is 0. The van der Waals surface area contributed by atoms with E-state index in [1.54, 1.807) is 28.4 Å². The van der Waals surface area contributed by atoms with Gasteiger partial charge >= 0.3 is 0 Å². The molecule has 0 spiro atoms. The summed E-state index contributed by atoms with van der Waals surface area (Å²) in [5, 5.41) is 5.03. The smallest absolute Gasteiger partial charge is 0.273 e. The average molecular weight is 613 g/mol. The fraction of sp³-hybridized carbons (Fsp3) is 0.333. The van der Waals surface area contributed by atoms with E-state index in [9.17, 15) is 0 Å². The van der Waals surface area contributed by atoms with Gasteiger partial charge in [-0.2, -0.15) is 0 Å². The van der Waals surface area contributed by atoms with Crippen molar-refractivity contribution in [2.75, 3.05) is 28.4 Å². The minimum absolute atomic E-state index is 0.866. The topological polar surface area (TPSA) is 46.2 Å². The molecule has 0 unspecified atom stereocenters. The van der Waals surface area contributed by atoms with Crippen LogP contribution in [0.1, 0.15) is 49.9 Å². The van der Waals surface area contributed by atoms with E-state index in [1.807, 2.05) is 0 Å². The third-order valence-corrected chi connectivity index (χ3v) is 13.5. The van der Waals surface area contributed by atoms with Gasteiger partial charge in [-0.25, -0.2) is 0 Å². The van der Waals surface area contributed by atoms with E-state index in [1.165, 1.54) is 43.0 Å². The third-order valence-electron chi connectivity index (χ3n) is 7.96. The van der Waals surface area contributed by atoms with Crippen LogP contribution in [0.25, 0.3) is 0 Å². The summed E-state index contributed by atoms with van der Waals surface area (Å²) in [6.45, 7) is 8.82. The van der Waals surface area contributed by atoms with Gasteiger partial charge in [0.1, 0.15) is 23.0 Å². The van der Waals surface area contributed by atoms with Gasteiger partial charge in [-0.15, -0.1) is 0 Å². The molecule has 0 amide bonds. The predicted octanol–water partition coefficient (Wildman–Crippen LogP) is 4.90. The lowest BCUT2D eigenvalue weighted by Gasteiger charge is -2.29. The number of aryl methyl sites for hydroxylation is 4. The zero-order valence-electron chi connectivity index (χ0n) is 26.8. The van der Waals surface area contributed by atoms with E-state index < -0.39 is 18.1 Å². The van der Waals surface area contributed by atoms with Crippen LogP contribution in [0.4, 0.5) is 0 Å². The summed E-state index contributed by atoms with van der Waals surface area (Å²) in [6.07, 6.45) is 3.54. The van der Waals surface area contributed by atoms with Gasteiger partial charge in [0.05, 0.1) is 28.4 Å². The summed E-state index contributed by atoms with van der Waals surface area (Å²) in [7, 11) is 3.43. The molecule has 0 heterocycles. The van der Waals surface area contributed by atoms with Crippen LogP contribution in [0.15, 0.2) is 72.8 Å². The van der Waals surface area contributed by atoms with Gasteiger partial charge in [0, 0.05) is 0 Å². The van der Waals surface area contributed by atoms with E-state index in [2.05, 4.69) is 100 Å². The molecule has 0 aromatic heterocycles. The normalized spacial score (nSPS) is 11.2. The van der Waals surface area contributed by atoms with Crippen LogP contribution < -0.4 is 39.7 Å². The first kappa shape index (κ1) is 32.4. The predicted molar refractivity (Wildman–Crippen MR) is 181 cm³/mol. The van der Waals surface area contributed by atoms with Crippen molar-refractivity contribution in [2.24, 2.45) is 0 Å². The second-order valence-corrected chi connectivity index (χ2v) is 14.6. The maximum absolute atomic E-state index is 7.70. The van der Waals surface area contributed by atoms with Crippen LogP contribution in [0.5, 0.6) is 23.0 Å². The van der Waals surface area contributed by atoms with Crippen LogP contribution in [0.2, 0.25) is 0 Å². The molecule has 0 N–H and O–H groups in total. The average Bonchev–Trinajstić information content (AvgIpc) is 3.07. The molecule has 0 aliphatic carbocycles. The zero-order valence-corrected chi connectivity index (χ0v) is 28.8. The van der Waals surface area contributed by atoms with E-state index in [-0.39, 0.29) is 0 Å². The Balaban J connectivity index is 2.01. The minimum atomic E-state index is -1.73. The molecule has 0 bridgehead atoms. The molecule has 0 aliphatic heterocycles. The fourth-order valence-corrected chi connectivity index (χ4v) is 11.7. The zero-order chi connectivity index (χ0) is 30.9. The molecule has 4 rings (SSSR count). The first-order chi connectivity index (χ1) is 20.9. The molecular formula is C36H44O5Si2. The Morgan fingerprint density at radius 1 is 0.395 bits per heavy atom. The van der Waals surface area contributed by atoms with Crippen molar-refractivity contribution in [3.8, 4) is 23.0 Å². The Hall–Kier alpha value is -3.53. The van der Waals surface area contributed by atoms with E-state index >= 15 is 0 Å². The first-order valence-electron chi connectivity index (χ1n) is 15.1. The van der Waals surface area contributed by atoms with Crippen LogP contribution >= 0.6 is 0 Å². The standard InChI is InChI=1S/C36H44O5Si2/c1-9-25-21-29(37-5)13-17-33(25)42(34-18-14-30(38-6)22-26(34)10-2)41-43(35-19-15-31(39-7)23-27(35)11-3)36-20-16-32(40-8)24-28(36)12-4/h13-24H,9-12H2,1-8H3. The highest BCUT2D eigenvalue weighted by Gasteiger charge is 2.33. The Morgan fingerprint density at radius 3 is 0.814 bits per heavy atom. The van der Waals surface area contributed by atoms with Crippen LogP contribution in [-0.4, -0.2) is 46.5 Å². The monoisotopic (exact) mass is 612 g/mol. The lowest BCUT2D eigenvalue weighted by molar-refractivity contribution is 0.414. The Bertz CT molecular complexity index is 1300. The minimum Gasteiger partial charge on any atom is -0.497 e. The SMILES string of the molecule is CCc1cc(OC)ccc1[Si](O[Si](c1ccc(OC)cc1CC)c1ccc(OC)cc1CC)c1ccc(OC)cc1CC. The highest BCUT2D eigenvalue weighted by Crippen LogP contribution is 2.20. The molecule has 4 aromatic rings. The van der Waals surface area contributed by atoms with Gasteiger partial charge < -0.3 is 23.1 Å². The molecule has 0 atom stereocenters. The van der Waals surface area contributed by atoms with E-state index in [0.717, 1.165) is 48.7 Å². The van der Waals surface area contributed by atoms with Gasteiger partial charge in [0.2, 0.25) is 0 Å².